The molecule has 262 valence electrons. The van der Waals surface area contributed by atoms with Gasteiger partial charge in [-0.05, 0) is 83.6 Å². The number of hydrogen-bond donors (Lipinski definition) is 1. The summed E-state index contributed by atoms with van der Waals surface area (Å²) >= 11 is 0. The zero-order valence-corrected chi connectivity index (χ0v) is 25.6. The topological polar surface area (TPSA) is 87.4 Å². The number of hydrogen-bond acceptors (Lipinski definition) is 6. The Labute approximate surface area is 271 Å². The molecule has 3 aromatic carbocycles. The van der Waals surface area contributed by atoms with E-state index >= 15 is 0 Å². The molecule has 0 saturated carbocycles. The van der Waals surface area contributed by atoms with Gasteiger partial charge in [0.1, 0.15) is 5.82 Å². The Balaban J connectivity index is 1.67. The van der Waals surface area contributed by atoms with Crippen LogP contribution < -0.4 is 9.80 Å². The number of alkyl halides is 9. The summed E-state index contributed by atoms with van der Waals surface area (Å²) in [6, 6.07) is 5.48. The number of benzene rings is 3. The number of aryl methyl sites for hydroxylation is 2. The van der Waals surface area contributed by atoms with Crippen LogP contribution in [-0.2, 0) is 38.7 Å². The minimum Gasteiger partial charge on any atom is -0.478 e. The smallest absolute Gasteiger partial charge is 0.416 e. The molecular formula is C31H26F10N6O2. The molecule has 49 heavy (non-hydrogen) atoms. The molecule has 0 unspecified atom stereocenters. The number of aromatic nitrogens is 4. The highest BCUT2D eigenvalue weighted by Crippen LogP contribution is 2.44. The molecule has 0 fully saturated rings. The molecule has 0 aliphatic carbocycles. The Hall–Kier alpha value is -4.90. The van der Waals surface area contributed by atoms with Gasteiger partial charge in [0.05, 0.1) is 35.3 Å². The lowest BCUT2D eigenvalue weighted by molar-refractivity contribution is -0.143. The van der Waals surface area contributed by atoms with E-state index in [2.05, 4.69) is 15.4 Å². The maximum absolute atomic E-state index is 14.2. The minimum absolute atomic E-state index is 0.00976. The summed E-state index contributed by atoms with van der Waals surface area (Å²) in [5.41, 5.74) is -4.90. The minimum atomic E-state index is -5.13. The van der Waals surface area contributed by atoms with Crippen LogP contribution in [0.4, 0.5) is 55.5 Å². The Morgan fingerprint density at radius 3 is 2.12 bits per heavy atom. The van der Waals surface area contributed by atoms with Crippen LogP contribution in [0, 0.1) is 12.7 Å². The van der Waals surface area contributed by atoms with Crippen LogP contribution in [0.3, 0.4) is 0 Å². The molecule has 1 aliphatic heterocycles. The van der Waals surface area contributed by atoms with Gasteiger partial charge in [-0.15, -0.1) is 5.10 Å². The number of fused-ring (bicyclic) bond motifs is 1. The molecule has 0 radical (unpaired) electrons. The zero-order valence-electron chi connectivity index (χ0n) is 25.6. The van der Waals surface area contributed by atoms with E-state index < -0.39 is 70.7 Å². The number of anilines is 2. The van der Waals surface area contributed by atoms with Gasteiger partial charge in [-0.3, -0.25) is 0 Å². The average molecular weight is 705 g/mol. The molecule has 1 atom stereocenters. The van der Waals surface area contributed by atoms with Gasteiger partial charge in [0.2, 0.25) is 0 Å². The van der Waals surface area contributed by atoms with E-state index in [4.69, 9.17) is 0 Å². The molecule has 0 bridgehead atoms. The van der Waals surface area contributed by atoms with Gasteiger partial charge in [-0.25, -0.2) is 9.18 Å². The Bertz CT molecular complexity index is 1840. The molecule has 8 nitrogen and oxygen atoms in total. The lowest BCUT2D eigenvalue weighted by Gasteiger charge is -2.33. The van der Waals surface area contributed by atoms with Gasteiger partial charge in [-0.1, -0.05) is 17.2 Å². The van der Waals surface area contributed by atoms with Crippen LogP contribution in [0.5, 0.6) is 0 Å². The molecule has 0 amide bonds. The molecule has 1 aromatic heterocycles. The van der Waals surface area contributed by atoms with Crippen LogP contribution in [0.2, 0.25) is 0 Å². The predicted octanol–water partition coefficient (Wildman–Crippen LogP) is 7.96. The van der Waals surface area contributed by atoms with Crippen molar-refractivity contribution in [1.82, 2.24) is 20.2 Å². The number of aromatic carboxylic acids is 1. The molecule has 1 N–H and O–H groups in total. The van der Waals surface area contributed by atoms with E-state index in [0.717, 1.165) is 23.0 Å². The van der Waals surface area contributed by atoms with Crippen LogP contribution in [0.25, 0.3) is 0 Å². The first-order valence-electron chi connectivity index (χ1n) is 14.5. The van der Waals surface area contributed by atoms with E-state index in [0.29, 0.717) is 12.1 Å². The Morgan fingerprint density at radius 1 is 0.918 bits per heavy atom. The number of rotatable bonds is 7. The van der Waals surface area contributed by atoms with E-state index in [-0.39, 0.29) is 60.3 Å². The van der Waals surface area contributed by atoms with Crippen LogP contribution in [0.1, 0.15) is 68.2 Å². The highest BCUT2D eigenvalue weighted by Gasteiger charge is 2.39. The van der Waals surface area contributed by atoms with E-state index in [1.807, 2.05) is 0 Å². The van der Waals surface area contributed by atoms with Crippen molar-refractivity contribution in [1.29, 1.82) is 0 Å². The summed E-state index contributed by atoms with van der Waals surface area (Å²) in [5.74, 6) is -2.78. The lowest BCUT2D eigenvalue weighted by Crippen LogP contribution is -2.30. The molecule has 0 saturated heterocycles. The van der Waals surface area contributed by atoms with Crippen molar-refractivity contribution in [2.24, 2.45) is 7.05 Å². The number of carbonyl (C=O) groups is 1. The standard InChI is InChI=1S/C31H26F10N6O2/c1-16-8-22-25(47(28-42-44-45(2)43-28)15-18-9-19(29(33,34)35)12-20(10-18)30(36,37)38)4-3-7-46(26(22)13-23(16)31(39,40)41)14-17-5-6-24(32)21(11-17)27(48)49/h5-6,8-13,25H,3-4,7,14-15H2,1-2H3,(H,48,49)/t25-/m0/s1. The fraction of sp³-hybridized carbons (Fsp3) is 0.355. The van der Waals surface area contributed by atoms with E-state index in [9.17, 15) is 53.8 Å². The molecular weight excluding hydrogens is 678 g/mol. The quantitative estimate of drug-likeness (QED) is 0.196. The fourth-order valence-electron chi connectivity index (χ4n) is 5.88. The van der Waals surface area contributed by atoms with Gasteiger partial charge < -0.3 is 14.9 Å². The second-order valence-corrected chi connectivity index (χ2v) is 11.5. The number of tetrazole rings is 1. The molecule has 4 aromatic rings. The largest absolute Gasteiger partial charge is 0.478 e. The van der Waals surface area contributed by atoms with E-state index in [1.54, 1.807) is 0 Å². The summed E-state index contributed by atoms with van der Waals surface area (Å²) in [7, 11) is 1.37. The summed E-state index contributed by atoms with van der Waals surface area (Å²) < 4.78 is 139. The number of nitrogens with zero attached hydrogens (tertiary/aromatic N) is 6. The Kier molecular flexibility index (Phi) is 9.29. The van der Waals surface area contributed by atoms with Crippen molar-refractivity contribution in [3.05, 3.63) is 98.9 Å². The third kappa shape index (κ3) is 7.72. The van der Waals surface area contributed by atoms with Gasteiger partial charge in [0, 0.05) is 25.3 Å². The van der Waals surface area contributed by atoms with Crippen LogP contribution >= 0.6 is 0 Å². The van der Waals surface area contributed by atoms with Gasteiger partial charge in [0.15, 0.2) is 0 Å². The third-order valence-electron chi connectivity index (χ3n) is 8.05. The lowest BCUT2D eigenvalue weighted by atomic mass is 9.94. The highest BCUT2D eigenvalue weighted by atomic mass is 19.4. The fourth-order valence-corrected chi connectivity index (χ4v) is 5.88. The van der Waals surface area contributed by atoms with Crippen molar-refractivity contribution < 1.29 is 53.8 Å². The summed E-state index contributed by atoms with van der Waals surface area (Å²) in [4.78, 5) is 15.4. The number of carboxylic acid groups (broad SMARTS) is 1. The Morgan fingerprint density at radius 2 is 1.57 bits per heavy atom. The highest BCUT2D eigenvalue weighted by molar-refractivity contribution is 5.88. The van der Waals surface area contributed by atoms with Gasteiger partial charge in [0.25, 0.3) is 5.95 Å². The van der Waals surface area contributed by atoms with Crippen molar-refractivity contribution >= 4 is 17.6 Å². The molecule has 2 heterocycles. The number of halogens is 10. The van der Waals surface area contributed by atoms with Gasteiger partial charge >= 0.3 is 24.5 Å². The summed E-state index contributed by atoms with van der Waals surface area (Å²) in [6.07, 6.45) is -14.7. The summed E-state index contributed by atoms with van der Waals surface area (Å²) in [6.45, 7) is 0.518. The SMILES string of the molecule is Cc1cc2c(cc1C(F)(F)F)N(Cc1ccc(F)c(C(=O)O)c1)CCC[C@@H]2N(Cc1cc(C(F)(F)F)cc(C(F)(F)F)c1)c1nnn(C)n1. The first kappa shape index (κ1) is 35.4. The number of carboxylic acids is 1. The predicted molar refractivity (Wildman–Crippen MR) is 154 cm³/mol. The molecule has 18 heteroatoms. The van der Waals surface area contributed by atoms with Gasteiger partial charge in [-0.2, -0.15) is 44.3 Å². The monoisotopic (exact) mass is 704 g/mol. The van der Waals surface area contributed by atoms with Crippen LogP contribution in [0.15, 0.2) is 48.5 Å². The second-order valence-electron chi connectivity index (χ2n) is 11.5. The first-order valence-corrected chi connectivity index (χ1v) is 14.5. The molecule has 1 aliphatic rings. The van der Waals surface area contributed by atoms with Crippen LogP contribution in [-0.4, -0.2) is 37.8 Å². The zero-order chi connectivity index (χ0) is 36.1. The third-order valence-corrected chi connectivity index (χ3v) is 8.05. The average Bonchev–Trinajstić information content (AvgIpc) is 3.35. The van der Waals surface area contributed by atoms with Crippen molar-refractivity contribution in [2.45, 2.75) is 57.4 Å². The van der Waals surface area contributed by atoms with Crippen molar-refractivity contribution in [3.8, 4) is 0 Å². The normalized spacial score (nSPS) is 15.6. The molecule has 0 spiro atoms. The maximum atomic E-state index is 14.2. The van der Waals surface area contributed by atoms with Crippen molar-refractivity contribution in [3.63, 3.8) is 0 Å². The maximum Gasteiger partial charge on any atom is 0.416 e. The molecule has 5 rings (SSSR count). The van der Waals surface area contributed by atoms with E-state index in [1.165, 1.54) is 35.9 Å². The summed E-state index contributed by atoms with van der Waals surface area (Å²) in [5, 5.41) is 21.2. The second kappa shape index (κ2) is 12.9. The van der Waals surface area contributed by atoms with Crippen molar-refractivity contribution in [2.75, 3.05) is 16.3 Å². The first-order chi connectivity index (χ1) is 22.7.